The van der Waals surface area contributed by atoms with Crippen LogP contribution in [0.5, 0.6) is 0 Å². The van der Waals surface area contributed by atoms with Crippen LogP contribution in [0, 0.1) is 25.2 Å². The Labute approximate surface area is 115 Å². The molecule has 0 saturated heterocycles. The first-order chi connectivity index (χ1) is 9.40. The van der Waals surface area contributed by atoms with Gasteiger partial charge in [0.05, 0.1) is 12.3 Å². The molecule has 0 atom stereocenters. The van der Waals surface area contributed by atoms with Crippen LogP contribution in [0.1, 0.15) is 23.7 Å². The lowest BCUT2D eigenvalue weighted by atomic mass is 10.1. The largest absolute Gasteiger partial charge is 0.450 e. The van der Waals surface area contributed by atoms with E-state index in [-0.39, 0.29) is 12.2 Å². The number of ether oxygens (including phenoxy) is 1. The van der Waals surface area contributed by atoms with E-state index in [1.807, 2.05) is 5.32 Å². The molecule has 0 spiro atoms. The summed E-state index contributed by atoms with van der Waals surface area (Å²) in [5.41, 5.74) is 0.195. The van der Waals surface area contributed by atoms with Gasteiger partial charge in [-0.1, -0.05) is 0 Å². The van der Waals surface area contributed by atoms with E-state index >= 15 is 0 Å². The highest BCUT2D eigenvalue weighted by Crippen LogP contribution is 2.04. The zero-order chi connectivity index (χ0) is 15.3. The van der Waals surface area contributed by atoms with Gasteiger partial charge >= 0.3 is 6.09 Å². The van der Waals surface area contributed by atoms with Crippen LogP contribution in [0.3, 0.4) is 0 Å². The van der Waals surface area contributed by atoms with Crippen LogP contribution in [0.25, 0.3) is 0 Å². The van der Waals surface area contributed by atoms with Gasteiger partial charge in [0.25, 0.3) is 11.5 Å². The van der Waals surface area contributed by atoms with Gasteiger partial charge in [0.1, 0.15) is 18.2 Å². The lowest BCUT2D eigenvalue weighted by molar-refractivity contribution is -0.121. The number of nitrogens with zero attached hydrogens (tertiary/aromatic N) is 3. The molecule has 0 fully saturated rings. The van der Waals surface area contributed by atoms with E-state index in [0.717, 1.165) is 4.68 Å². The Morgan fingerprint density at radius 2 is 2.10 bits per heavy atom. The molecule has 1 aromatic rings. The topological polar surface area (TPSA) is 114 Å². The molecule has 1 heterocycles. The van der Waals surface area contributed by atoms with E-state index < -0.39 is 24.1 Å². The van der Waals surface area contributed by atoms with Crippen molar-refractivity contribution in [2.24, 2.45) is 0 Å². The quantitative estimate of drug-likeness (QED) is 0.832. The Hall–Kier alpha value is -2.69. The average Bonchev–Trinajstić information content (AvgIpc) is 2.36. The molecule has 0 saturated carbocycles. The molecule has 0 aliphatic rings. The van der Waals surface area contributed by atoms with Crippen molar-refractivity contribution in [3.05, 3.63) is 27.2 Å². The molecule has 1 N–H and O–H groups in total. The molecule has 1 rings (SSSR count). The van der Waals surface area contributed by atoms with E-state index in [1.165, 1.54) is 0 Å². The number of alkyl carbamates (subject to hydrolysis) is 1. The van der Waals surface area contributed by atoms with Crippen molar-refractivity contribution in [1.82, 2.24) is 15.1 Å². The second kappa shape index (κ2) is 6.47. The smallest absolute Gasteiger partial charge is 0.413 e. The fourth-order valence-corrected chi connectivity index (χ4v) is 1.47. The van der Waals surface area contributed by atoms with Crippen LogP contribution < -0.4 is 10.9 Å². The van der Waals surface area contributed by atoms with Crippen LogP contribution in [-0.4, -0.2) is 28.4 Å². The highest BCUT2D eigenvalue weighted by Gasteiger charge is 2.15. The SMILES string of the molecule is CCOC(=O)NC(=O)Cn1nc(C)c(C)c(C#N)c1=O. The summed E-state index contributed by atoms with van der Waals surface area (Å²) in [6, 6.07) is 1.78. The predicted molar refractivity (Wildman–Crippen MR) is 67.9 cm³/mol. The molecule has 106 valence electrons. The van der Waals surface area contributed by atoms with Crippen molar-refractivity contribution in [1.29, 1.82) is 5.26 Å². The van der Waals surface area contributed by atoms with E-state index in [2.05, 4.69) is 9.84 Å². The molecule has 8 nitrogen and oxygen atoms in total. The van der Waals surface area contributed by atoms with Gasteiger partial charge in [-0.2, -0.15) is 10.4 Å². The van der Waals surface area contributed by atoms with Gasteiger partial charge in [-0.05, 0) is 26.3 Å². The van der Waals surface area contributed by atoms with E-state index in [1.54, 1.807) is 26.8 Å². The number of amides is 2. The van der Waals surface area contributed by atoms with Crippen molar-refractivity contribution < 1.29 is 14.3 Å². The number of rotatable bonds is 3. The van der Waals surface area contributed by atoms with Gasteiger partial charge < -0.3 is 4.74 Å². The molecule has 0 aromatic carbocycles. The van der Waals surface area contributed by atoms with E-state index in [0.29, 0.717) is 11.3 Å². The van der Waals surface area contributed by atoms with Crippen molar-refractivity contribution in [3.8, 4) is 6.07 Å². The first-order valence-corrected chi connectivity index (χ1v) is 5.85. The summed E-state index contributed by atoms with van der Waals surface area (Å²) in [6.07, 6.45) is -0.894. The highest BCUT2D eigenvalue weighted by atomic mass is 16.5. The molecule has 0 unspecified atom stereocenters. The molecular weight excluding hydrogens is 264 g/mol. The molecule has 0 radical (unpaired) electrons. The third-order valence-corrected chi connectivity index (χ3v) is 2.56. The Kier molecular flexibility index (Phi) is 4.97. The number of hydrogen-bond acceptors (Lipinski definition) is 6. The van der Waals surface area contributed by atoms with Crippen molar-refractivity contribution in [3.63, 3.8) is 0 Å². The number of hydrogen-bond donors (Lipinski definition) is 1. The van der Waals surface area contributed by atoms with Crippen molar-refractivity contribution in [2.45, 2.75) is 27.3 Å². The maximum Gasteiger partial charge on any atom is 0.413 e. The minimum atomic E-state index is -0.894. The molecule has 2 amide bonds. The maximum atomic E-state index is 11.9. The maximum absolute atomic E-state index is 11.9. The fourth-order valence-electron chi connectivity index (χ4n) is 1.47. The van der Waals surface area contributed by atoms with Gasteiger partial charge in [-0.3, -0.25) is 14.9 Å². The summed E-state index contributed by atoms with van der Waals surface area (Å²) in [7, 11) is 0. The number of nitrogens with one attached hydrogen (secondary N) is 1. The zero-order valence-corrected chi connectivity index (χ0v) is 11.4. The number of imide groups is 1. The highest BCUT2D eigenvalue weighted by molar-refractivity contribution is 5.91. The van der Waals surface area contributed by atoms with Crippen LogP contribution in [-0.2, 0) is 16.1 Å². The third-order valence-electron chi connectivity index (χ3n) is 2.56. The minimum absolute atomic E-state index is 0.0681. The lowest BCUT2D eigenvalue weighted by Gasteiger charge is -2.08. The summed E-state index contributed by atoms with van der Waals surface area (Å²) in [5.74, 6) is -0.745. The third kappa shape index (κ3) is 3.41. The van der Waals surface area contributed by atoms with Crippen molar-refractivity contribution in [2.75, 3.05) is 6.61 Å². The summed E-state index contributed by atoms with van der Waals surface area (Å²) in [5, 5.41) is 14.8. The van der Waals surface area contributed by atoms with Gasteiger partial charge in [-0.25, -0.2) is 9.48 Å². The molecule has 1 aromatic heterocycles. The first kappa shape index (κ1) is 15.4. The number of aryl methyl sites for hydroxylation is 1. The summed E-state index contributed by atoms with van der Waals surface area (Å²) in [4.78, 5) is 34.5. The van der Waals surface area contributed by atoms with Gasteiger partial charge in [0.15, 0.2) is 0 Å². The number of carbonyl (C=O) groups is 2. The van der Waals surface area contributed by atoms with E-state index in [9.17, 15) is 14.4 Å². The lowest BCUT2D eigenvalue weighted by Crippen LogP contribution is -2.38. The van der Waals surface area contributed by atoms with Gasteiger partial charge in [-0.15, -0.1) is 0 Å². The number of carbonyl (C=O) groups excluding carboxylic acids is 2. The minimum Gasteiger partial charge on any atom is -0.450 e. The monoisotopic (exact) mass is 278 g/mol. The Bertz CT molecular complexity index is 642. The average molecular weight is 278 g/mol. The van der Waals surface area contributed by atoms with Crippen LogP contribution >= 0.6 is 0 Å². The molecule has 0 aliphatic heterocycles. The second-order valence-electron chi connectivity index (χ2n) is 3.93. The molecule has 0 bridgehead atoms. The molecule has 20 heavy (non-hydrogen) atoms. The standard InChI is InChI=1S/C12H14N4O4/c1-4-20-12(19)14-10(17)6-16-11(18)9(5-13)7(2)8(3)15-16/h4,6H2,1-3H3,(H,14,17,19). The van der Waals surface area contributed by atoms with E-state index in [4.69, 9.17) is 5.26 Å². The van der Waals surface area contributed by atoms with Crippen LogP contribution in [0.4, 0.5) is 4.79 Å². The van der Waals surface area contributed by atoms with Crippen molar-refractivity contribution >= 4 is 12.0 Å². The Morgan fingerprint density at radius 3 is 2.65 bits per heavy atom. The molecule has 0 aliphatic carbocycles. The fraction of sp³-hybridized carbons (Fsp3) is 0.417. The normalized spacial score (nSPS) is 9.70. The Balaban J connectivity index is 2.97. The second-order valence-corrected chi connectivity index (χ2v) is 3.93. The van der Waals surface area contributed by atoms with Crippen LogP contribution in [0.15, 0.2) is 4.79 Å². The Morgan fingerprint density at radius 1 is 1.45 bits per heavy atom. The summed E-state index contributed by atoms with van der Waals surface area (Å²) >= 11 is 0. The summed E-state index contributed by atoms with van der Waals surface area (Å²) < 4.78 is 5.38. The summed E-state index contributed by atoms with van der Waals surface area (Å²) in [6.45, 7) is 4.48. The molecule has 8 heteroatoms. The van der Waals surface area contributed by atoms with Gasteiger partial charge in [0, 0.05) is 0 Å². The van der Waals surface area contributed by atoms with Gasteiger partial charge in [0.2, 0.25) is 0 Å². The zero-order valence-electron chi connectivity index (χ0n) is 11.4. The van der Waals surface area contributed by atoms with Crippen LogP contribution in [0.2, 0.25) is 0 Å². The molecular formula is C12H14N4O4. The number of aromatic nitrogens is 2. The number of nitriles is 1. The first-order valence-electron chi connectivity index (χ1n) is 5.85. The predicted octanol–water partition coefficient (Wildman–Crippen LogP) is 0.00452.